The summed E-state index contributed by atoms with van der Waals surface area (Å²) in [6, 6.07) is 7.73. The van der Waals surface area contributed by atoms with E-state index in [0.29, 0.717) is 6.42 Å². The van der Waals surface area contributed by atoms with Gasteiger partial charge in [0.15, 0.2) is 0 Å². The van der Waals surface area contributed by atoms with E-state index in [4.69, 9.17) is 11.6 Å². The summed E-state index contributed by atoms with van der Waals surface area (Å²) < 4.78 is 0. The molecule has 0 unspecified atom stereocenters. The number of rotatable bonds is 3. The number of carbonyl (C=O) groups is 1. The number of nitrogens with zero attached hydrogens (tertiary/aromatic N) is 1. The SMILES string of the molecule is O=C(CCc1cccc(Cl)c1)N1CCCNCC1. The van der Waals surface area contributed by atoms with E-state index in [-0.39, 0.29) is 5.91 Å². The highest BCUT2D eigenvalue weighted by molar-refractivity contribution is 6.30. The second-order valence-corrected chi connectivity index (χ2v) is 5.05. The minimum atomic E-state index is 0.249. The molecule has 1 fully saturated rings. The molecule has 1 N–H and O–H groups in total. The quantitative estimate of drug-likeness (QED) is 0.909. The zero-order valence-electron chi connectivity index (χ0n) is 10.5. The van der Waals surface area contributed by atoms with Gasteiger partial charge < -0.3 is 10.2 Å². The Morgan fingerprint density at radius 1 is 1.33 bits per heavy atom. The van der Waals surface area contributed by atoms with Crippen molar-refractivity contribution < 1.29 is 4.79 Å². The average molecular weight is 267 g/mol. The van der Waals surface area contributed by atoms with Crippen LogP contribution in [0.1, 0.15) is 18.4 Å². The highest BCUT2D eigenvalue weighted by Crippen LogP contribution is 2.13. The van der Waals surface area contributed by atoms with Crippen molar-refractivity contribution in [3.8, 4) is 0 Å². The molecule has 0 aromatic heterocycles. The van der Waals surface area contributed by atoms with Gasteiger partial charge in [0.25, 0.3) is 0 Å². The predicted octanol–water partition coefficient (Wildman–Crippen LogP) is 2.09. The normalized spacial score (nSPS) is 16.4. The van der Waals surface area contributed by atoms with Crippen LogP contribution in [0.4, 0.5) is 0 Å². The maximum absolute atomic E-state index is 12.1. The Morgan fingerprint density at radius 2 is 2.22 bits per heavy atom. The van der Waals surface area contributed by atoms with Gasteiger partial charge in [-0.15, -0.1) is 0 Å². The Bertz CT molecular complexity index is 401. The van der Waals surface area contributed by atoms with Crippen molar-refractivity contribution in [2.45, 2.75) is 19.3 Å². The van der Waals surface area contributed by atoms with Crippen molar-refractivity contribution in [2.75, 3.05) is 26.2 Å². The lowest BCUT2D eigenvalue weighted by Crippen LogP contribution is -2.34. The number of halogens is 1. The smallest absolute Gasteiger partial charge is 0.222 e. The lowest BCUT2D eigenvalue weighted by Gasteiger charge is -2.19. The number of amides is 1. The zero-order chi connectivity index (χ0) is 12.8. The summed E-state index contributed by atoms with van der Waals surface area (Å²) in [7, 11) is 0. The number of carbonyl (C=O) groups excluding carboxylic acids is 1. The van der Waals surface area contributed by atoms with E-state index in [1.54, 1.807) is 0 Å². The molecule has 18 heavy (non-hydrogen) atoms. The standard InChI is InChI=1S/C14H19ClN2O/c15-13-4-1-3-12(11-13)5-6-14(18)17-9-2-7-16-8-10-17/h1,3-4,11,16H,2,5-10H2. The van der Waals surface area contributed by atoms with E-state index in [0.717, 1.165) is 49.6 Å². The monoisotopic (exact) mass is 266 g/mol. The van der Waals surface area contributed by atoms with Gasteiger partial charge in [-0.25, -0.2) is 0 Å². The van der Waals surface area contributed by atoms with Crippen LogP contribution in [0.2, 0.25) is 5.02 Å². The van der Waals surface area contributed by atoms with Gasteiger partial charge in [-0.2, -0.15) is 0 Å². The first-order chi connectivity index (χ1) is 8.75. The largest absolute Gasteiger partial charge is 0.341 e. The maximum atomic E-state index is 12.1. The van der Waals surface area contributed by atoms with Crippen LogP contribution in [-0.2, 0) is 11.2 Å². The van der Waals surface area contributed by atoms with Crippen LogP contribution in [0, 0.1) is 0 Å². The van der Waals surface area contributed by atoms with E-state index in [1.807, 2.05) is 29.2 Å². The van der Waals surface area contributed by atoms with E-state index >= 15 is 0 Å². The van der Waals surface area contributed by atoms with Crippen LogP contribution in [0.3, 0.4) is 0 Å². The minimum absolute atomic E-state index is 0.249. The van der Waals surface area contributed by atoms with E-state index in [2.05, 4.69) is 5.32 Å². The lowest BCUT2D eigenvalue weighted by atomic mass is 10.1. The first-order valence-electron chi connectivity index (χ1n) is 6.48. The fraction of sp³-hybridized carbons (Fsp3) is 0.500. The van der Waals surface area contributed by atoms with Gasteiger partial charge in [-0.3, -0.25) is 4.79 Å². The van der Waals surface area contributed by atoms with Crippen molar-refractivity contribution in [1.82, 2.24) is 10.2 Å². The molecule has 1 aliphatic heterocycles. The summed E-state index contributed by atoms with van der Waals surface area (Å²) in [5.41, 5.74) is 1.13. The van der Waals surface area contributed by atoms with Gasteiger partial charge >= 0.3 is 0 Å². The molecule has 2 rings (SSSR count). The Labute approximate surface area is 113 Å². The summed E-state index contributed by atoms with van der Waals surface area (Å²) in [4.78, 5) is 14.0. The molecular weight excluding hydrogens is 248 g/mol. The van der Waals surface area contributed by atoms with Crippen molar-refractivity contribution in [3.05, 3.63) is 34.9 Å². The molecule has 1 heterocycles. The van der Waals surface area contributed by atoms with Crippen LogP contribution >= 0.6 is 11.6 Å². The Balaban J connectivity index is 1.83. The summed E-state index contributed by atoms with van der Waals surface area (Å²) in [6.07, 6.45) is 2.38. The number of benzene rings is 1. The van der Waals surface area contributed by atoms with Gasteiger partial charge in [0, 0.05) is 31.1 Å². The topological polar surface area (TPSA) is 32.3 Å². The van der Waals surface area contributed by atoms with Crippen LogP contribution < -0.4 is 5.32 Å². The third-order valence-corrected chi connectivity index (χ3v) is 3.44. The number of hydrogen-bond donors (Lipinski definition) is 1. The summed E-state index contributed by atoms with van der Waals surface area (Å²) in [5.74, 6) is 0.249. The zero-order valence-corrected chi connectivity index (χ0v) is 11.2. The highest BCUT2D eigenvalue weighted by atomic mass is 35.5. The second-order valence-electron chi connectivity index (χ2n) is 4.61. The minimum Gasteiger partial charge on any atom is -0.341 e. The highest BCUT2D eigenvalue weighted by Gasteiger charge is 2.14. The van der Waals surface area contributed by atoms with Crippen LogP contribution in [0.5, 0.6) is 0 Å². The van der Waals surface area contributed by atoms with Crippen LogP contribution in [-0.4, -0.2) is 37.0 Å². The molecule has 1 saturated heterocycles. The van der Waals surface area contributed by atoms with Crippen molar-refractivity contribution >= 4 is 17.5 Å². The molecule has 1 amide bonds. The molecule has 1 aromatic carbocycles. The van der Waals surface area contributed by atoms with Crippen LogP contribution in [0.25, 0.3) is 0 Å². The fourth-order valence-corrected chi connectivity index (χ4v) is 2.41. The summed E-state index contributed by atoms with van der Waals surface area (Å²) in [6.45, 7) is 3.62. The Hall–Kier alpha value is -1.06. The first kappa shape index (κ1) is 13.4. The summed E-state index contributed by atoms with van der Waals surface area (Å²) in [5, 5.41) is 4.04. The molecular formula is C14H19ClN2O. The Kier molecular flexibility index (Phi) is 5.02. The van der Waals surface area contributed by atoms with E-state index < -0.39 is 0 Å². The van der Waals surface area contributed by atoms with Crippen molar-refractivity contribution in [1.29, 1.82) is 0 Å². The molecule has 1 aliphatic rings. The maximum Gasteiger partial charge on any atom is 0.222 e. The Morgan fingerprint density at radius 3 is 3.06 bits per heavy atom. The summed E-state index contributed by atoms with van der Waals surface area (Å²) >= 11 is 5.93. The molecule has 0 radical (unpaired) electrons. The fourth-order valence-electron chi connectivity index (χ4n) is 2.20. The number of aryl methyl sites for hydroxylation is 1. The molecule has 1 aromatic rings. The van der Waals surface area contributed by atoms with E-state index in [9.17, 15) is 4.79 Å². The van der Waals surface area contributed by atoms with Gasteiger partial charge in [0.1, 0.15) is 0 Å². The predicted molar refractivity (Wildman–Crippen MR) is 73.8 cm³/mol. The van der Waals surface area contributed by atoms with Crippen molar-refractivity contribution in [3.63, 3.8) is 0 Å². The molecule has 3 nitrogen and oxygen atoms in total. The van der Waals surface area contributed by atoms with E-state index in [1.165, 1.54) is 0 Å². The molecule has 0 atom stereocenters. The van der Waals surface area contributed by atoms with Gasteiger partial charge in [0.2, 0.25) is 5.91 Å². The lowest BCUT2D eigenvalue weighted by molar-refractivity contribution is -0.130. The number of nitrogens with one attached hydrogen (secondary N) is 1. The average Bonchev–Trinajstić information content (AvgIpc) is 2.65. The third kappa shape index (κ3) is 4.00. The molecule has 0 saturated carbocycles. The van der Waals surface area contributed by atoms with Gasteiger partial charge in [-0.05, 0) is 37.1 Å². The van der Waals surface area contributed by atoms with Gasteiger partial charge in [-0.1, -0.05) is 23.7 Å². The third-order valence-electron chi connectivity index (χ3n) is 3.21. The molecule has 4 heteroatoms. The number of hydrogen-bond acceptors (Lipinski definition) is 2. The van der Waals surface area contributed by atoms with Crippen LogP contribution in [0.15, 0.2) is 24.3 Å². The van der Waals surface area contributed by atoms with Crippen molar-refractivity contribution in [2.24, 2.45) is 0 Å². The molecule has 0 spiro atoms. The molecule has 0 bridgehead atoms. The first-order valence-corrected chi connectivity index (χ1v) is 6.86. The molecule has 0 aliphatic carbocycles. The van der Waals surface area contributed by atoms with Gasteiger partial charge in [0.05, 0.1) is 0 Å². The molecule has 98 valence electrons. The second kappa shape index (κ2) is 6.76.